The van der Waals surface area contributed by atoms with E-state index >= 15 is 0 Å². The van der Waals surface area contributed by atoms with Crippen molar-refractivity contribution in [3.63, 3.8) is 0 Å². The molecule has 0 unspecified atom stereocenters. The van der Waals surface area contributed by atoms with Crippen molar-refractivity contribution in [2.45, 2.75) is 18.4 Å². The van der Waals surface area contributed by atoms with Gasteiger partial charge in [0.2, 0.25) is 0 Å². The van der Waals surface area contributed by atoms with Gasteiger partial charge in [-0.2, -0.15) is 8.42 Å². The van der Waals surface area contributed by atoms with Crippen LogP contribution in [-0.4, -0.2) is 51.5 Å². The van der Waals surface area contributed by atoms with Crippen LogP contribution in [0.15, 0.2) is 53.7 Å². The quantitative estimate of drug-likeness (QED) is 0.459. The van der Waals surface area contributed by atoms with Crippen LogP contribution in [0.2, 0.25) is 0 Å². The lowest BCUT2D eigenvalue weighted by Crippen LogP contribution is -2.26. The number of carbonyl (C=O) groups is 1. The number of hydroxylamine groups is 1. The molecular weight excluding hydrogens is 418 g/mol. The molecule has 0 aliphatic carbocycles. The number of hydrogen-bond donors (Lipinski definition) is 1. The third kappa shape index (κ3) is 6.53. The molecule has 0 saturated carbocycles. The summed E-state index contributed by atoms with van der Waals surface area (Å²) in [4.78, 5) is 13.7. The van der Waals surface area contributed by atoms with Gasteiger partial charge in [0.15, 0.2) is 0 Å². The summed E-state index contributed by atoms with van der Waals surface area (Å²) in [5.41, 5.74) is 3.21. The monoisotopic (exact) mass is 441 g/mol. The summed E-state index contributed by atoms with van der Waals surface area (Å²) in [5.74, 6) is -1.08. The summed E-state index contributed by atoms with van der Waals surface area (Å²) in [6.07, 6.45) is 5.08. The highest BCUT2D eigenvalue weighted by Gasteiger charge is 2.16. The molecule has 1 amide bonds. The van der Waals surface area contributed by atoms with Crippen molar-refractivity contribution in [2.75, 3.05) is 19.8 Å². The molecule has 0 fully saturated rings. The lowest BCUT2D eigenvalue weighted by atomic mass is 10.2. The van der Waals surface area contributed by atoms with Gasteiger partial charge in [-0.1, -0.05) is 12.1 Å². The third-order valence-corrected chi connectivity index (χ3v) is 6.43. The predicted octanol–water partition coefficient (Wildman–Crippen LogP) is 1.20. The standard InChI is InChI=1S/C18H23N3O6S2/c1-4-28(23,24)27-19-18(22)10-7-16-11-12-21(14-16)29(25,26)17-8-5-15(6-9-17)13-20(2)3/h5-12,14H,4,13H2,1-3H3,(H,19,22)/b10-7+. The first-order valence-corrected chi connectivity index (χ1v) is 11.6. The summed E-state index contributed by atoms with van der Waals surface area (Å²) in [5, 5.41) is 0. The second-order valence-electron chi connectivity index (χ2n) is 6.39. The molecule has 158 valence electrons. The van der Waals surface area contributed by atoms with Crippen molar-refractivity contribution >= 4 is 32.1 Å². The highest BCUT2D eigenvalue weighted by Crippen LogP contribution is 2.17. The predicted molar refractivity (Wildman–Crippen MR) is 109 cm³/mol. The van der Waals surface area contributed by atoms with Gasteiger partial charge in [0.1, 0.15) is 0 Å². The fraction of sp³-hybridized carbons (Fsp3) is 0.278. The maximum absolute atomic E-state index is 12.7. The minimum absolute atomic E-state index is 0.141. The number of hydrogen-bond acceptors (Lipinski definition) is 7. The van der Waals surface area contributed by atoms with Crippen LogP contribution in [0.4, 0.5) is 0 Å². The molecule has 1 N–H and O–H groups in total. The zero-order valence-electron chi connectivity index (χ0n) is 16.3. The van der Waals surface area contributed by atoms with Crippen LogP contribution in [0.3, 0.4) is 0 Å². The molecule has 0 saturated heterocycles. The van der Waals surface area contributed by atoms with Gasteiger partial charge >= 0.3 is 0 Å². The molecule has 1 aromatic heterocycles. The minimum atomic E-state index is -3.81. The normalized spacial score (nSPS) is 12.6. The first-order valence-electron chi connectivity index (χ1n) is 8.60. The van der Waals surface area contributed by atoms with E-state index in [9.17, 15) is 21.6 Å². The van der Waals surface area contributed by atoms with Gasteiger partial charge < -0.3 is 4.90 Å². The summed E-state index contributed by atoms with van der Waals surface area (Å²) in [7, 11) is -3.73. The number of nitrogens with zero attached hydrogens (tertiary/aromatic N) is 2. The van der Waals surface area contributed by atoms with E-state index in [0.717, 1.165) is 15.6 Å². The Morgan fingerprint density at radius 1 is 1.14 bits per heavy atom. The van der Waals surface area contributed by atoms with Crippen LogP contribution in [0, 0.1) is 0 Å². The van der Waals surface area contributed by atoms with E-state index in [2.05, 4.69) is 4.28 Å². The number of rotatable bonds is 9. The Hall–Kier alpha value is -2.47. The topological polar surface area (TPSA) is 115 Å². The lowest BCUT2D eigenvalue weighted by Gasteiger charge is -2.10. The molecule has 11 heteroatoms. The fourth-order valence-corrected chi connectivity index (χ4v) is 3.80. The second-order valence-corrected chi connectivity index (χ2v) is 10.1. The summed E-state index contributed by atoms with van der Waals surface area (Å²) < 4.78 is 53.1. The smallest absolute Gasteiger partial charge is 0.287 e. The van der Waals surface area contributed by atoms with Crippen molar-refractivity contribution in [1.82, 2.24) is 14.4 Å². The summed E-state index contributed by atoms with van der Waals surface area (Å²) in [6.45, 7) is 2.07. The van der Waals surface area contributed by atoms with Gasteiger partial charge in [0.25, 0.3) is 26.0 Å². The van der Waals surface area contributed by atoms with E-state index in [4.69, 9.17) is 0 Å². The molecule has 2 rings (SSSR count). The van der Waals surface area contributed by atoms with Gasteiger partial charge in [-0.15, -0.1) is 4.28 Å². The fourth-order valence-electron chi connectivity index (χ4n) is 2.26. The molecule has 0 aliphatic heterocycles. The Morgan fingerprint density at radius 3 is 2.38 bits per heavy atom. The number of benzene rings is 1. The average molecular weight is 442 g/mol. The Morgan fingerprint density at radius 2 is 1.79 bits per heavy atom. The maximum atomic E-state index is 12.7. The summed E-state index contributed by atoms with van der Waals surface area (Å²) in [6, 6.07) is 8.11. The molecule has 1 aromatic carbocycles. The van der Waals surface area contributed by atoms with Gasteiger partial charge in [0, 0.05) is 25.0 Å². The Labute approximate surface area is 170 Å². The van der Waals surface area contributed by atoms with E-state index < -0.39 is 26.0 Å². The highest BCUT2D eigenvalue weighted by molar-refractivity contribution is 7.90. The van der Waals surface area contributed by atoms with Gasteiger partial charge in [-0.25, -0.2) is 17.9 Å². The first-order chi connectivity index (χ1) is 13.5. The van der Waals surface area contributed by atoms with Crippen molar-refractivity contribution in [3.8, 4) is 0 Å². The maximum Gasteiger partial charge on any atom is 0.287 e. The van der Waals surface area contributed by atoms with Crippen LogP contribution in [0.1, 0.15) is 18.1 Å². The van der Waals surface area contributed by atoms with Crippen LogP contribution in [-0.2, 0) is 35.8 Å². The average Bonchev–Trinajstić information content (AvgIpc) is 3.15. The molecule has 9 nitrogen and oxygen atoms in total. The highest BCUT2D eigenvalue weighted by atomic mass is 32.2. The molecular formula is C18H23N3O6S2. The van der Waals surface area contributed by atoms with E-state index in [1.54, 1.807) is 29.7 Å². The van der Waals surface area contributed by atoms with Crippen LogP contribution in [0.25, 0.3) is 6.08 Å². The Bertz CT molecular complexity index is 1080. The molecule has 0 spiro atoms. The molecule has 29 heavy (non-hydrogen) atoms. The molecule has 0 bridgehead atoms. The first kappa shape index (κ1) is 22.8. The minimum Gasteiger partial charge on any atom is -0.305 e. The van der Waals surface area contributed by atoms with E-state index in [0.29, 0.717) is 12.1 Å². The van der Waals surface area contributed by atoms with Crippen molar-refractivity contribution in [2.24, 2.45) is 0 Å². The molecule has 0 atom stereocenters. The van der Waals surface area contributed by atoms with Crippen LogP contribution < -0.4 is 5.48 Å². The lowest BCUT2D eigenvalue weighted by molar-refractivity contribution is -0.122. The Kier molecular flexibility index (Phi) is 7.36. The number of carbonyl (C=O) groups excluding carboxylic acids is 1. The number of aromatic nitrogens is 1. The second kappa shape index (κ2) is 9.35. The van der Waals surface area contributed by atoms with E-state index in [1.165, 1.54) is 31.5 Å². The Balaban J connectivity index is 2.09. The third-order valence-electron chi connectivity index (χ3n) is 3.74. The van der Waals surface area contributed by atoms with E-state index in [-0.39, 0.29) is 10.6 Å². The van der Waals surface area contributed by atoms with Gasteiger partial charge in [0.05, 0.1) is 10.6 Å². The molecule has 2 aromatic rings. The number of amides is 1. The zero-order chi connectivity index (χ0) is 21.7. The molecule has 0 aliphatic rings. The summed E-state index contributed by atoms with van der Waals surface area (Å²) >= 11 is 0. The zero-order valence-corrected chi connectivity index (χ0v) is 17.9. The largest absolute Gasteiger partial charge is 0.305 e. The molecule has 1 heterocycles. The van der Waals surface area contributed by atoms with Crippen LogP contribution in [0.5, 0.6) is 0 Å². The van der Waals surface area contributed by atoms with Crippen molar-refractivity contribution in [1.29, 1.82) is 0 Å². The van der Waals surface area contributed by atoms with Crippen LogP contribution >= 0.6 is 0 Å². The van der Waals surface area contributed by atoms with Gasteiger partial charge in [-0.3, -0.25) is 4.79 Å². The SMILES string of the molecule is CCS(=O)(=O)ONC(=O)/C=C/c1ccn(S(=O)(=O)c2ccc(CN(C)C)cc2)c1. The van der Waals surface area contributed by atoms with E-state index in [1.807, 2.05) is 19.0 Å². The number of nitrogens with one attached hydrogen (secondary N) is 1. The van der Waals surface area contributed by atoms with Crippen molar-refractivity contribution in [3.05, 3.63) is 59.9 Å². The van der Waals surface area contributed by atoms with Gasteiger partial charge in [-0.05, 0) is 56.4 Å². The van der Waals surface area contributed by atoms with Crippen molar-refractivity contribution < 1.29 is 25.9 Å². The molecule has 0 radical (unpaired) electrons.